The first-order valence-electron chi connectivity index (χ1n) is 6.68. The predicted octanol–water partition coefficient (Wildman–Crippen LogP) is 2.05. The van der Waals surface area contributed by atoms with Gasteiger partial charge in [0.15, 0.2) is 0 Å². The van der Waals surface area contributed by atoms with Crippen LogP contribution >= 0.6 is 0 Å². The number of benzene rings is 1. The average molecular weight is 307 g/mol. The highest BCUT2D eigenvalue weighted by Gasteiger charge is 2.27. The summed E-state index contributed by atoms with van der Waals surface area (Å²) in [6.45, 7) is 0.216. The number of nitro benzene ring substituents is 2. The Morgan fingerprint density at radius 1 is 1.00 bits per heavy atom. The van der Waals surface area contributed by atoms with Crippen LogP contribution in [0.1, 0.15) is 36.0 Å². The van der Waals surface area contributed by atoms with E-state index in [9.17, 15) is 29.8 Å². The molecule has 0 atom stereocenters. The molecule has 2 rings (SSSR count). The van der Waals surface area contributed by atoms with E-state index in [2.05, 4.69) is 0 Å². The molecule has 1 aliphatic rings. The van der Waals surface area contributed by atoms with Crippen LogP contribution in [0, 0.1) is 20.2 Å². The van der Waals surface area contributed by atoms with Gasteiger partial charge < -0.3 is 0 Å². The van der Waals surface area contributed by atoms with Crippen LogP contribution in [0.5, 0.6) is 0 Å². The summed E-state index contributed by atoms with van der Waals surface area (Å²) < 4.78 is 0. The molecule has 2 amide bonds. The first-order valence-corrected chi connectivity index (χ1v) is 6.68. The number of rotatable bonds is 3. The molecule has 0 saturated carbocycles. The molecule has 1 fully saturated rings. The average Bonchev–Trinajstić information content (AvgIpc) is 2.70. The van der Waals surface area contributed by atoms with Crippen LogP contribution in [0.25, 0.3) is 0 Å². The predicted molar refractivity (Wildman–Crippen MR) is 74.3 cm³/mol. The van der Waals surface area contributed by atoms with E-state index < -0.39 is 27.1 Å². The van der Waals surface area contributed by atoms with Gasteiger partial charge >= 0.3 is 0 Å². The first-order chi connectivity index (χ1) is 10.4. The summed E-state index contributed by atoms with van der Waals surface area (Å²) >= 11 is 0. The van der Waals surface area contributed by atoms with Crippen molar-refractivity contribution in [3.8, 4) is 0 Å². The topological polar surface area (TPSA) is 124 Å². The number of hydrogen-bond acceptors (Lipinski definition) is 6. The molecule has 1 aromatic carbocycles. The number of carbonyl (C=O) groups is 2. The van der Waals surface area contributed by atoms with Crippen LogP contribution in [0.3, 0.4) is 0 Å². The quantitative estimate of drug-likeness (QED) is 0.478. The van der Waals surface area contributed by atoms with Crippen molar-refractivity contribution in [2.45, 2.75) is 25.7 Å². The molecule has 9 heteroatoms. The molecule has 0 aliphatic carbocycles. The third-order valence-corrected chi connectivity index (χ3v) is 3.39. The number of nitro groups is 2. The van der Waals surface area contributed by atoms with Crippen molar-refractivity contribution < 1.29 is 19.4 Å². The van der Waals surface area contributed by atoms with Gasteiger partial charge in [-0.15, -0.1) is 0 Å². The van der Waals surface area contributed by atoms with Crippen molar-refractivity contribution in [3.63, 3.8) is 0 Å². The molecule has 0 bridgehead atoms. The van der Waals surface area contributed by atoms with Crippen LogP contribution in [0.15, 0.2) is 18.2 Å². The smallest absolute Gasteiger partial charge is 0.277 e. The fourth-order valence-electron chi connectivity index (χ4n) is 2.28. The van der Waals surface area contributed by atoms with Gasteiger partial charge in [-0.25, -0.2) is 0 Å². The molecule has 0 aromatic heterocycles. The first kappa shape index (κ1) is 15.5. The second-order valence-corrected chi connectivity index (χ2v) is 4.91. The van der Waals surface area contributed by atoms with E-state index in [1.807, 2.05) is 0 Å². The van der Waals surface area contributed by atoms with Gasteiger partial charge in [0.05, 0.1) is 21.5 Å². The minimum absolute atomic E-state index is 0.216. The lowest BCUT2D eigenvalue weighted by Crippen LogP contribution is -2.36. The summed E-state index contributed by atoms with van der Waals surface area (Å²) in [7, 11) is 0. The molecule has 0 spiro atoms. The summed E-state index contributed by atoms with van der Waals surface area (Å²) in [6.07, 6.45) is 2.36. The van der Waals surface area contributed by atoms with Crippen molar-refractivity contribution in [2.24, 2.45) is 0 Å². The van der Waals surface area contributed by atoms with Crippen LogP contribution < -0.4 is 0 Å². The molecule has 0 radical (unpaired) electrons. The second-order valence-electron chi connectivity index (χ2n) is 4.91. The number of non-ortho nitro benzene ring substituents is 2. The van der Waals surface area contributed by atoms with Crippen LogP contribution in [0.4, 0.5) is 11.4 Å². The Morgan fingerprint density at radius 3 is 2.14 bits per heavy atom. The molecule has 22 heavy (non-hydrogen) atoms. The number of amides is 2. The maximum absolute atomic E-state index is 12.4. The molecule has 1 aromatic rings. The van der Waals surface area contributed by atoms with E-state index in [4.69, 9.17) is 0 Å². The second kappa shape index (κ2) is 6.29. The van der Waals surface area contributed by atoms with Crippen LogP contribution in [-0.4, -0.2) is 33.1 Å². The van der Waals surface area contributed by atoms with Crippen molar-refractivity contribution in [1.82, 2.24) is 4.90 Å². The van der Waals surface area contributed by atoms with E-state index in [0.717, 1.165) is 29.5 Å². The zero-order chi connectivity index (χ0) is 16.3. The highest BCUT2D eigenvalue weighted by molar-refractivity contribution is 6.05. The molecule has 0 unspecified atom stereocenters. The Kier molecular flexibility index (Phi) is 4.44. The molecule has 9 nitrogen and oxygen atoms in total. The fourth-order valence-corrected chi connectivity index (χ4v) is 2.28. The third kappa shape index (κ3) is 3.25. The summed E-state index contributed by atoms with van der Waals surface area (Å²) in [5.74, 6) is -1.10. The minimum Gasteiger partial charge on any atom is -0.279 e. The van der Waals surface area contributed by atoms with E-state index in [0.29, 0.717) is 12.8 Å². The van der Waals surface area contributed by atoms with Gasteiger partial charge in [-0.1, -0.05) is 6.42 Å². The summed E-state index contributed by atoms with van der Waals surface area (Å²) in [5, 5.41) is 21.7. The third-order valence-electron chi connectivity index (χ3n) is 3.39. The minimum atomic E-state index is -0.811. The molecule has 1 heterocycles. The van der Waals surface area contributed by atoms with E-state index in [-0.39, 0.29) is 24.4 Å². The van der Waals surface area contributed by atoms with E-state index >= 15 is 0 Å². The number of imide groups is 1. The zero-order valence-electron chi connectivity index (χ0n) is 11.6. The lowest BCUT2D eigenvalue weighted by Gasteiger charge is -2.18. The van der Waals surface area contributed by atoms with Gasteiger partial charge in [-0.2, -0.15) is 0 Å². The van der Waals surface area contributed by atoms with Gasteiger partial charge in [0.1, 0.15) is 0 Å². The summed E-state index contributed by atoms with van der Waals surface area (Å²) in [5.41, 5.74) is -1.34. The monoisotopic (exact) mass is 307 g/mol. The van der Waals surface area contributed by atoms with Gasteiger partial charge in [0.25, 0.3) is 17.3 Å². The zero-order valence-corrected chi connectivity index (χ0v) is 11.6. The Hall–Kier alpha value is -2.84. The highest BCUT2D eigenvalue weighted by atomic mass is 16.6. The number of hydrogen-bond donors (Lipinski definition) is 0. The SMILES string of the molecule is O=C1CCCCCN1C(=O)c1cc([N+](=O)[O-])cc([N+](=O)[O-])c1. The van der Waals surface area contributed by atoms with Crippen LogP contribution in [0.2, 0.25) is 0 Å². The molecular weight excluding hydrogens is 294 g/mol. The van der Waals surface area contributed by atoms with Crippen molar-refractivity contribution in [3.05, 3.63) is 44.0 Å². The highest BCUT2D eigenvalue weighted by Crippen LogP contribution is 2.24. The maximum Gasteiger partial charge on any atom is 0.277 e. The largest absolute Gasteiger partial charge is 0.279 e. The fraction of sp³-hybridized carbons (Fsp3) is 0.385. The van der Waals surface area contributed by atoms with Crippen molar-refractivity contribution in [2.75, 3.05) is 6.54 Å². The normalized spacial score (nSPS) is 15.3. The lowest BCUT2D eigenvalue weighted by molar-refractivity contribution is -0.394. The van der Waals surface area contributed by atoms with Crippen molar-refractivity contribution >= 4 is 23.2 Å². The summed E-state index contributed by atoms with van der Waals surface area (Å²) in [4.78, 5) is 45.3. The van der Waals surface area contributed by atoms with Gasteiger partial charge in [0, 0.05) is 25.1 Å². The van der Waals surface area contributed by atoms with E-state index in [1.54, 1.807) is 0 Å². The van der Waals surface area contributed by atoms with Crippen LogP contribution in [-0.2, 0) is 4.79 Å². The molecular formula is C13H13N3O6. The summed E-state index contributed by atoms with van der Waals surface area (Å²) in [6, 6.07) is 2.68. The standard InChI is InChI=1S/C13H13N3O6/c17-12-4-2-1-3-5-14(12)13(18)9-6-10(15(19)20)8-11(7-9)16(21)22/h6-8H,1-5H2. The van der Waals surface area contributed by atoms with E-state index in [1.165, 1.54) is 0 Å². The Labute approximate surface area is 124 Å². The maximum atomic E-state index is 12.4. The Balaban J connectivity index is 2.41. The number of nitrogens with zero attached hydrogens (tertiary/aromatic N) is 3. The molecule has 1 aliphatic heterocycles. The van der Waals surface area contributed by atoms with Gasteiger partial charge in [-0.3, -0.25) is 34.7 Å². The number of carbonyl (C=O) groups excluding carboxylic acids is 2. The molecule has 1 saturated heterocycles. The number of likely N-dealkylation sites (tertiary alicyclic amines) is 1. The molecule has 0 N–H and O–H groups in total. The Morgan fingerprint density at radius 2 is 1.59 bits per heavy atom. The lowest BCUT2D eigenvalue weighted by atomic mass is 10.1. The van der Waals surface area contributed by atoms with Crippen molar-refractivity contribution in [1.29, 1.82) is 0 Å². The molecule has 116 valence electrons. The Bertz CT molecular complexity index is 625. The van der Waals surface area contributed by atoms with Gasteiger partial charge in [0.2, 0.25) is 5.91 Å². The van der Waals surface area contributed by atoms with Gasteiger partial charge in [-0.05, 0) is 12.8 Å².